The van der Waals surface area contributed by atoms with E-state index in [9.17, 15) is 8.78 Å². The average molecular weight is 308 g/mol. The van der Waals surface area contributed by atoms with Gasteiger partial charge in [-0.3, -0.25) is 4.98 Å². The Morgan fingerprint density at radius 1 is 1.64 bits per heavy atom. The van der Waals surface area contributed by atoms with Gasteiger partial charge in [0.15, 0.2) is 0 Å². The molecule has 1 aromatic heterocycles. The second kappa shape index (κ2) is 4.64. The van der Waals surface area contributed by atoms with Gasteiger partial charge in [-0.1, -0.05) is 0 Å². The first kappa shape index (κ1) is 11.3. The second-order valence-corrected chi connectivity index (χ2v) is 3.89. The number of aromatic nitrogens is 1. The molecule has 0 saturated carbocycles. The molecule has 0 unspecified atom stereocenters. The van der Waals surface area contributed by atoms with E-state index in [0.717, 1.165) is 0 Å². The van der Waals surface area contributed by atoms with E-state index in [1.54, 1.807) is 6.92 Å². The van der Waals surface area contributed by atoms with Gasteiger partial charge in [-0.05, 0) is 35.1 Å². The van der Waals surface area contributed by atoms with Gasteiger partial charge < -0.3 is 0 Å². The van der Waals surface area contributed by atoms with Gasteiger partial charge in [0, 0.05) is 15.3 Å². The normalized spacial score (nSPS) is 10.3. The highest BCUT2D eigenvalue weighted by Gasteiger charge is 2.18. The number of hydrogen-bond donors (Lipinski definition) is 0. The van der Waals surface area contributed by atoms with Crippen LogP contribution in [-0.2, 0) is 6.42 Å². The summed E-state index contributed by atoms with van der Waals surface area (Å²) in [5.74, 6) is 0. The molecule has 1 heterocycles. The number of nitriles is 1. The van der Waals surface area contributed by atoms with Crippen LogP contribution in [0.25, 0.3) is 0 Å². The van der Waals surface area contributed by atoms with Gasteiger partial charge in [-0.25, -0.2) is 8.78 Å². The fourth-order valence-electron chi connectivity index (χ4n) is 1.15. The summed E-state index contributed by atoms with van der Waals surface area (Å²) in [5.41, 5.74) is 0.597. The molecule has 74 valence electrons. The molecule has 1 rings (SSSR count). The van der Waals surface area contributed by atoms with Crippen LogP contribution >= 0.6 is 22.6 Å². The molecule has 0 atom stereocenters. The maximum atomic E-state index is 12.6. The Balaban J connectivity index is 3.31. The Kier molecular flexibility index (Phi) is 3.75. The Morgan fingerprint density at radius 2 is 2.29 bits per heavy atom. The van der Waals surface area contributed by atoms with Gasteiger partial charge in [0.25, 0.3) is 6.43 Å². The molecule has 1 aromatic rings. The van der Waals surface area contributed by atoms with Crippen molar-refractivity contribution in [3.8, 4) is 6.07 Å². The van der Waals surface area contributed by atoms with E-state index in [1.807, 2.05) is 28.7 Å². The van der Waals surface area contributed by atoms with Crippen LogP contribution in [0.1, 0.15) is 23.2 Å². The third-order valence-corrected chi connectivity index (χ3v) is 2.96. The molecule has 0 saturated heterocycles. The van der Waals surface area contributed by atoms with E-state index in [4.69, 9.17) is 5.26 Å². The molecule has 0 spiro atoms. The van der Waals surface area contributed by atoms with E-state index >= 15 is 0 Å². The van der Waals surface area contributed by atoms with Crippen molar-refractivity contribution in [2.75, 3.05) is 0 Å². The van der Waals surface area contributed by atoms with Gasteiger partial charge in [0.2, 0.25) is 0 Å². The quantitative estimate of drug-likeness (QED) is 0.788. The SMILES string of the molecule is Cc1c(I)cnc(CC#N)c1C(F)F. The van der Waals surface area contributed by atoms with Gasteiger partial charge in [0.05, 0.1) is 18.2 Å². The zero-order valence-electron chi connectivity index (χ0n) is 7.39. The maximum Gasteiger partial charge on any atom is 0.265 e. The van der Waals surface area contributed by atoms with Gasteiger partial charge >= 0.3 is 0 Å². The summed E-state index contributed by atoms with van der Waals surface area (Å²) in [6, 6.07) is 1.83. The minimum Gasteiger partial charge on any atom is -0.259 e. The van der Waals surface area contributed by atoms with Crippen molar-refractivity contribution in [1.29, 1.82) is 5.26 Å². The van der Waals surface area contributed by atoms with Crippen molar-refractivity contribution in [2.45, 2.75) is 19.8 Å². The van der Waals surface area contributed by atoms with Crippen LogP contribution in [0.15, 0.2) is 6.20 Å². The minimum absolute atomic E-state index is 0.0720. The molecule has 14 heavy (non-hydrogen) atoms. The molecule has 0 aliphatic rings. The van der Waals surface area contributed by atoms with E-state index in [1.165, 1.54) is 6.20 Å². The number of nitrogens with zero attached hydrogens (tertiary/aromatic N) is 2. The van der Waals surface area contributed by atoms with Crippen molar-refractivity contribution in [3.63, 3.8) is 0 Å². The zero-order valence-corrected chi connectivity index (χ0v) is 9.55. The van der Waals surface area contributed by atoms with E-state index in [0.29, 0.717) is 9.13 Å². The molecule has 0 N–H and O–H groups in total. The van der Waals surface area contributed by atoms with Crippen LogP contribution in [0, 0.1) is 21.8 Å². The summed E-state index contributed by atoms with van der Waals surface area (Å²) in [6.45, 7) is 1.62. The highest BCUT2D eigenvalue weighted by molar-refractivity contribution is 14.1. The fourth-order valence-corrected chi connectivity index (χ4v) is 1.58. The second-order valence-electron chi connectivity index (χ2n) is 2.73. The van der Waals surface area contributed by atoms with Crippen LogP contribution < -0.4 is 0 Å². The summed E-state index contributed by atoms with van der Waals surface area (Å²) in [7, 11) is 0. The fraction of sp³-hybridized carbons (Fsp3) is 0.333. The monoisotopic (exact) mass is 308 g/mol. The highest BCUT2D eigenvalue weighted by atomic mass is 127. The molecular weight excluding hydrogens is 301 g/mol. The van der Waals surface area contributed by atoms with Crippen LogP contribution in [0.2, 0.25) is 0 Å². The minimum atomic E-state index is -2.57. The van der Waals surface area contributed by atoms with Gasteiger partial charge in [-0.2, -0.15) is 5.26 Å². The third kappa shape index (κ3) is 2.18. The molecule has 5 heteroatoms. The molecular formula is C9H7F2IN2. The van der Waals surface area contributed by atoms with Crippen molar-refractivity contribution < 1.29 is 8.78 Å². The molecule has 0 bridgehead atoms. The third-order valence-electron chi connectivity index (χ3n) is 1.87. The van der Waals surface area contributed by atoms with Gasteiger partial charge in [0.1, 0.15) is 0 Å². The number of halogens is 3. The predicted molar refractivity (Wildman–Crippen MR) is 56.0 cm³/mol. The number of alkyl halides is 2. The van der Waals surface area contributed by atoms with Crippen molar-refractivity contribution in [3.05, 3.63) is 26.6 Å². The average Bonchev–Trinajstić information content (AvgIpc) is 2.11. The van der Waals surface area contributed by atoms with Gasteiger partial charge in [-0.15, -0.1) is 0 Å². The Hall–Kier alpha value is -0.770. The van der Waals surface area contributed by atoms with Crippen molar-refractivity contribution in [1.82, 2.24) is 4.98 Å². The number of rotatable bonds is 2. The van der Waals surface area contributed by atoms with Crippen LogP contribution in [0.4, 0.5) is 8.78 Å². The first-order valence-electron chi connectivity index (χ1n) is 3.87. The molecule has 0 fully saturated rings. The van der Waals surface area contributed by atoms with E-state index in [2.05, 4.69) is 4.98 Å². The summed E-state index contributed by atoms with van der Waals surface area (Å²) in [5, 5.41) is 8.45. The number of hydrogen-bond acceptors (Lipinski definition) is 2. The molecule has 0 aliphatic heterocycles. The lowest BCUT2D eigenvalue weighted by Gasteiger charge is -2.09. The van der Waals surface area contributed by atoms with Crippen LogP contribution in [0.5, 0.6) is 0 Å². The van der Waals surface area contributed by atoms with E-state index < -0.39 is 6.43 Å². The molecule has 0 amide bonds. The Morgan fingerprint density at radius 3 is 2.79 bits per heavy atom. The lowest BCUT2D eigenvalue weighted by molar-refractivity contribution is 0.149. The number of pyridine rings is 1. The summed E-state index contributed by atoms with van der Waals surface area (Å²) in [4.78, 5) is 3.84. The molecule has 2 nitrogen and oxygen atoms in total. The Labute approximate surface area is 94.1 Å². The summed E-state index contributed by atoms with van der Waals surface area (Å²) in [6.07, 6.45) is -1.13. The van der Waals surface area contributed by atoms with Crippen LogP contribution in [0.3, 0.4) is 0 Å². The topological polar surface area (TPSA) is 36.7 Å². The lowest BCUT2D eigenvalue weighted by Crippen LogP contribution is -2.02. The van der Waals surface area contributed by atoms with Crippen molar-refractivity contribution >= 4 is 22.6 Å². The smallest absolute Gasteiger partial charge is 0.259 e. The highest BCUT2D eigenvalue weighted by Crippen LogP contribution is 2.28. The van der Waals surface area contributed by atoms with Crippen LogP contribution in [-0.4, -0.2) is 4.98 Å². The standard InChI is InChI=1S/C9H7F2IN2/c1-5-6(12)4-14-7(2-3-13)8(5)9(10)11/h4,9H,2H2,1H3. The molecule has 0 aromatic carbocycles. The molecule has 0 aliphatic carbocycles. The summed E-state index contributed by atoms with van der Waals surface area (Å²) >= 11 is 1.95. The first-order valence-corrected chi connectivity index (χ1v) is 4.94. The predicted octanol–water partition coefficient (Wildman–Crippen LogP) is 3.00. The van der Waals surface area contributed by atoms with E-state index in [-0.39, 0.29) is 17.7 Å². The van der Waals surface area contributed by atoms with Crippen molar-refractivity contribution in [2.24, 2.45) is 0 Å². The Bertz CT molecular complexity index is 385. The largest absolute Gasteiger partial charge is 0.265 e. The maximum absolute atomic E-state index is 12.6. The summed E-state index contributed by atoms with van der Waals surface area (Å²) < 4.78 is 26.0. The first-order chi connectivity index (χ1) is 6.57. The lowest BCUT2D eigenvalue weighted by atomic mass is 10.1. The molecule has 0 radical (unpaired) electrons. The zero-order chi connectivity index (χ0) is 10.7.